The molecule has 0 unspecified atom stereocenters. The zero-order valence-corrected chi connectivity index (χ0v) is 11.5. The second-order valence-corrected chi connectivity index (χ2v) is 4.95. The van der Waals surface area contributed by atoms with Gasteiger partial charge in [-0.05, 0) is 30.9 Å². The minimum absolute atomic E-state index is 0.524. The van der Waals surface area contributed by atoms with Crippen LogP contribution >= 0.6 is 0 Å². The number of rotatable bonds is 4. The zero-order valence-electron chi connectivity index (χ0n) is 11.5. The Morgan fingerprint density at radius 3 is 3.00 bits per heavy atom. The number of hydrogen-bond acceptors (Lipinski definition) is 3. The van der Waals surface area contributed by atoms with Crippen molar-refractivity contribution in [3.8, 4) is 5.75 Å². The zero-order chi connectivity index (χ0) is 13.5. The summed E-state index contributed by atoms with van der Waals surface area (Å²) in [6.45, 7) is 5.41. The van der Waals surface area contributed by atoms with Crippen molar-refractivity contribution in [2.75, 3.05) is 26.2 Å². The van der Waals surface area contributed by atoms with Crippen molar-refractivity contribution in [2.45, 2.75) is 19.8 Å². The van der Waals surface area contributed by atoms with Crippen LogP contribution in [0.15, 0.2) is 29.5 Å². The van der Waals surface area contributed by atoms with E-state index in [2.05, 4.69) is 21.8 Å². The van der Waals surface area contributed by atoms with E-state index in [0.717, 1.165) is 24.8 Å². The molecule has 0 amide bonds. The van der Waals surface area contributed by atoms with Gasteiger partial charge in [0.05, 0.1) is 12.7 Å². The number of nitrogens with two attached hydrogens (primary N) is 1. The maximum Gasteiger partial charge on any atom is 0.191 e. The van der Waals surface area contributed by atoms with Crippen LogP contribution in [0.3, 0.4) is 0 Å². The fraction of sp³-hybridized carbons (Fsp3) is 0.571. The molecule has 0 spiro atoms. The van der Waals surface area contributed by atoms with Gasteiger partial charge in [0.15, 0.2) is 5.96 Å². The number of aromatic nitrogens is 1. The van der Waals surface area contributed by atoms with Crippen molar-refractivity contribution in [3.05, 3.63) is 24.5 Å². The molecule has 2 N–H and O–H groups in total. The summed E-state index contributed by atoms with van der Waals surface area (Å²) in [4.78, 5) is 10.5. The second-order valence-electron chi connectivity index (χ2n) is 4.95. The molecule has 2 heterocycles. The van der Waals surface area contributed by atoms with Gasteiger partial charge in [-0.1, -0.05) is 6.92 Å². The van der Waals surface area contributed by atoms with Gasteiger partial charge in [0.25, 0.3) is 0 Å². The van der Waals surface area contributed by atoms with E-state index in [-0.39, 0.29) is 0 Å². The van der Waals surface area contributed by atoms with Gasteiger partial charge < -0.3 is 15.4 Å². The summed E-state index contributed by atoms with van der Waals surface area (Å²) >= 11 is 0. The second kappa shape index (κ2) is 6.97. The van der Waals surface area contributed by atoms with Crippen LogP contribution < -0.4 is 10.5 Å². The van der Waals surface area contributed by atoms with Gasteiger partial charge in [0.1, 0.15) is 12.4 Å². The average molecular weight is 262 g/mol. The normalized spacial score (nSPS) is 17.5. The molecule has 0 saturated carbocycles. The summed E-state index contributed by atoms with van der Waals surface area (Å²) in [6, 6.07) is 3.73. The van der Waals surface area contributed by atoms with E-state index in [4.69, 9.17) is 10.5 Å². The average Bonchev–Trinajstić information content (AvgIpc) is 2.45. The third kappa shape index (κ3) is 4.43. The minimum atomic E-state index is 0.524. The van der Waals surface area contributed by atoms with Crippen LogP contribution in [-0.2, 0) is 0 Å². The standard InChI is InChI=1S/C14H22N4O/c1-12-4-8-18(9-5-12)14(15)17-7-10-19-13-3-2-6-16-11-13/h2-3,6,11-12H,4-5,7-10H2,1H3,(H2,15,17). The number of guanidine groups is 1. The Balaban J connectivity index is 1.70. The maximum atomic E-state index is 5.98. The highest BCUT2D eigenvalue weighted by atomic mass is 16.5. The quantitative estimate of drug-likeness (QED) is 0.507. The molecule has 0 radical (unpaired) electrons. The molecule has 1 saturated heterocycles. The monoisotopic (exact) mass is 262 g/mol. The van der Waals surface area contributed by atoms with Crippen molar-refractivity contribution in [1.82, 2.24) is 9.88 Å². The Morgan fingerprint density at radius 1 is 1.53 bits per heavy atom. The molecule has 1 fully saturated rings. The van der Waals surface area contributed by atoms with Gasteiger partial charge >= 0.3 is 0 Å². The third-order valence-electron chi connectivity index (χ3n) is 3.38. The molecule has 5 heteroatoms. The van der Waals surface area contributed by atoms with Crippen molar-refractivity contribution in [2.24, 2.45) is 16.6 Å². The molecule has 0 aliphatic carbocycles. The summed E-state index contributed by atoms with van der Waals surface area (Å²) in [6.07, 6.45) is 5.81. The van der Waals surface area contributed by atoms with E-state index >= 15 is 0 Å². The van der Waals surface area contributed by atoms with Crippen molar-refractivity contribution < 1.29 is 4.74 Å². The number of hydrogen-bond donors (Lipinski definition) is 1. The van der Waals surface area contributed by atoms with Gasteiger partial charge in [-0.15, -0.1) is 0 Å². The highest BCUT2D eigenvalue weighted by Crippen LogP contribution is 2.15. The SMILES string of the molecule is CC1CCN(C(N)=NCCOc2cccnc2)CC1. The van der Waals surface area contributed by atoms with E-state index in [1.165, 1.54) is 12.8 Å². The lowest BCUT2D eigenvalue weighted by molar-refractivity contribution is 0.276. The van der Waals surface area contributed by atoms with Gasteiger partial charge in [-0.3, -0.25) is 4.98 Å². The number of nitrogens with zero attached hydrogens (tertiary/aromatic N) is 3. The van der Waals surface area contributed by atoms with E-state index < -0.39 is 0 Å². The lowest BCUT2D eigenvalue weighted by atomic mass is 10.00. The van der Waals surface area contributed by atoms with Gasteiger partial charge in [0, 0.05) is 19.3 Å². The predicted octanol–water partition coefficient (Wildman–Crippen LogP) is 1.51. The lowest BCUT2D eigenvalue weighted by Gasteiger charge is -2.31. The molecule has 5 nitrogen and oxygen atoms in total. The predicted molar refractivity (Wildman–Crippen MR) is 76.2 cm³/mol. The van der Waals surface area contributed by atoms with Crippen LogP contribution in [0, 0.1) is 5.92 Å². The third-order valence-corrected chi connectivity index (χ3v) is 3.38. The Kier molecular flexibility index (Phi) is 5.01. The van der Waals surface area contributed by atoms with Crippen molar-refractivity contribution in [3.63, 3.8) is 0 Å². The van der Waals surface area contributed by atoms with Crippen LogP contribution in [0.25, 0.3) is 0 Å². The van der Waals surface area contributed by atoms with Crippen LogP contribution in [0.2, 0.25) is 0 Å². The molecule has 0 aromatic carbocycles. The molecule has 1 aromatic heterocycles. The molecule has 0 atom stereocenters. The highest BCUT2D eigenvalue weighted by molar-refractivity contribution is 5.78. The van der Waals surface area contributed by atoms with Gasteiger partial charge in [-0.25, -0.2) is 4.99 Å². The largest absolute Gasteiger partial charge is 0.490 e. The number of likely N-dealkylation sites (tertiary alicyclic amines) is 1. The Morgan fingerprint density at radius 2 is 2.32 bits per heavy atom. The molecule has 1 aliphatic rings. The van der Waals surface area contributed by atoms with E-state index in [0.29, 0.717) is 19.1 Å². The number of pyridine rings is 1. The Hall–Kier alpha value is -1.78. The minimum Gasteiger partial charge on any atom is -0.490 e. The summed E-state index contributed by atoms with van der Waals surface area (Å²) in [5.74, 6) is 2.21. The van der Waals surface area contributed by atoms with Crippen molar-refractivity contribution >= 4 is 5.96 Å². The van der Waals surface area contributed by atoms with E-state index in [1.807, 2.05) is 12.1 Å². The molecular formula is C14H22N4O. The van der Waals surface area contributed by atoms with Gasteiger partial charge in [-0.2, -0.15) is 0 Å². The first kappa shape index (κ1) is 13.6. The van der Waals surface area contributed by atoms with Crippen LogP contribution in [-0.4, -0.2) is 42.1 Å². The number of aliphatic imine (C=N–C) groups is 1. The summed E-state index contributed by atoms with van der Waals surface area (Å²) in [5.41, 5.74) is 5.98. The Labute approximate surface area is 114 Å². The molecule has 2 rings (SSSR count). The summed E-state index contributed by atoms with van der Waals surface area (Å²) in [7, 11) is 0. The van der Waals surface area contributed by atoms with Gasteiger partial charge in [0.2, 0.25) is 0 Å². The summed E-state index contributed by atoms with van der Waals surface area (Å²) in [5, 5.41) is 0. The topological polar surface area (TPSA) is 63.7 Å². The summed E-state index contributed by atoms with van der Waals surface area (Å²) < 4.78 is 5.52. The van der Waals surface area contributed by atoms with Crippen LogP contribution in [0.5, 0.6) is 5.75 Å². The Bertz CT molecular complexity index is 399. The van der Waals surface area contributed by atoms with Crippen molar-refractivity contribution in [1.29, 1.82) is 0 Å². The number of ether oxygens (including phenoxy) is 1. The lowest BCUT2D eigenvalue weighted by Crippen LogP contribution is -2.42. The first-order valence-corrected chi connectivity index (χ1v) is 6.83. The smallest absolute Gasteiger partial charge is 0.191 e. The molecule has 0 bridgehead atoms. The fourth-order valence-electron chi connectivity index (χ4n) is 2.09. The first-order valence-electron chi connectivity index (χ1n) is 6.83. The van der Waals surface area contributed by atoms with Crippen LogP contribution in [0.4, 0.5) is 0 Å². The van der Waals surface area contributed by atoms with Crippen LogP contribution in [0.1, 0.15) is 19.8 Å². The maximum absolute atomic E-state index is 5.98. The molecular weight excluding hydrogens is 240 g/mol. The molecule has 19 heavy (non-hydrogen) atoms. The van der Waals surface area contributed by atoms with E-state index in [1.54, 1.807) is 12.4 Å². The molecule has 1 aliphatic heterocycles. The fourth-order valence-corrected chi connectivity index (χ4v) is 2.09. The first-order chi connectivity index (χ1) is 9.25. The van der Waals surface area contributed by atoms with E-state index in [9.17, 15) is 0 Å². The molecule has 104 valence electrons. The number of piperidine rings is 1. The highest BCUT2D eigenvalue weighted by Gasteiger charge is 2.16. The molecule has 1 aromatic rings.